The standard InChI is InChI=1S/C90H127N23O19S/c1-10-12-25-71-83(126)102-63(24-18-32-96-90(93)94)80(123)108-70(79(122)99-44-75(92)118)47-133-48-76(119)101-66(35-52-28-30-57(115)31-29-52)86(129)110(7)51(5)77(120)104-68(40-74(91)117)88(131)113-33-19-27-72(113)84(127)103-64(39-56-43-95-49-100-56)81(124)105-65(34-50(3)4)85(128)109(6)45-58(116)37-53(36-54-41-97-61-22-16-14-20-59(54)61)78(121)107-69(46-114)82(125)106-67(38-55-42-98-62-23-17-15-21-60(55)62)87(130)112(9)73(26-13-11-2)89(132)111(71)8/h14-17,20-23,28-31,41-43,49-51,53,63-73,97-98,114-115H,10-13,18-19,24-27,32-40,44-48H2,1-9H3,(H2,91,117)(H2,92,118)(H,95,100)(H,99,122)(H,101,119)(H,102,126)(H,103,127)(H,104,120)(H,105,124)(H,106,125)(H,107,121)(H,108,123)(H4,93,94,96)/t51-,53+,63-,64-,65-,66-,67-,68-,69-,70-,71-,72-,73-/m0/s1. The molecule has 0 aliphatic carbocycles. The third-order valence-electron chi connectivity index (χ3n) is 23.5. The zero-order valence-electron chi connectivity index (χ0n) is 76.4. The van der Waals surface area contributed by atoms with Crippen molar-refractivity contribution in [3.63, 3.8) is 0 Å². The first-order valence-corrected chi connectivity index (χ1v) is 45.7. The Hall–Kier alpha value is -13.5. The molecule has 3 aromatic carbocycles. The maximum atomic E-state index is 15.7. The van der Waals surface area contributed by atoms with Crippen LogP contribution in [0.3, 0.4) is 0 Å². The van der Waals surface area contributed by atoms with Gasteiger partial charge < -0.3 is 120 Å². The van der Waals surface area contributed by atoms with E-state index in [9.17, 15) is 67.7 Å². The number of phenols is 1. The number of ketones is 1. The van der Waals surface area contributed by atoms with E-state index in [1.54, 1.807) is 74.8 Å². The predicted molar refractivity (Wildman–Crippen MR) is 492 cm³/mol. The Balaban J connectivity index is 1.18. The lowest BCUT2D eigenvalue weighted by Crippen LogP contribution is -2.61. The second-order valence-electron chi connectivity index (χ2n) is 34.2. The molecule has 722 valence electrons. The monoisotopic (exact) mass is 1870 g/mol. The first-order chi connectivity index (χ1) is 63.3. The summed E-state index contributed by atoms with van der Waals surface area (Å²) in [5, 5.41) is 57.0. The van der Waals surface area contributed by atoms with Gasteiger partial charge in [0.1, 0.15) is 78.3 Å². The molecule has 6 aromatic rings. The van der Waals surface area contributed by atoms with Crippen molar-refractivity contribution < 1.29 is 91.7 Å². The van der Waals surface area contributed by atoms with Crippen LogP contribution in [0.2, 0.25) is 0 Å². The number of unbranched alkanes of at least 4 members (excludes halogenated alkanes) is 2. The summed E-state index contributed by atoms with van der Waals surface area (Å²) in [6, 6.07) is 1.57. The minimum absolute atomic E-state index is 0.00591. The zero-order valence-corrected chi connectivity index (χ0v) is 77.3. The number of fused-ring (bicyclic) bond motifs is 3. The molecule has 2 aliphatic rings. The van der Waals surface area contributed by atoms with Crippen LogP contribution in [0.15, 0.2) is 97.7 Å². The van der Waals surface area contributed by atoms with Crippen molar-refractivity contribution in [3.05, 3.63) is 120 Å². The molecule has 0 spiro atoms. The van der Waals surface area contributed by atoms with E-state index in [2.05, 4.69) is 73.1 Å². The Morgan fingerprint density at radius 3 is 1.75 bits per heavy atom. The summed E-state index contributed by atoms with van der Waals surface area (Å²) in [6.45, 7) is 6.00. The molecule has 0 radical (unpaired) electrons. The number of nitrogens with zero attached hydrogens (tertiary/aromatic N) is 6. The fourth-order valence-corrected chi connectivity index (χ4v) is 16.9. The average Bonchev–Trinajstić information content (AvgIpc) is 1.81. The van der Waals surface area contributed by atoms with Crippen molar-refractivity contribution in [2.24, 2.45) is 29.0 Å². The number of likely N-dealkylation sites (N-methyl/N-ethyl adjacent to an activating group) is 4. The van der Waals surface area contributed by atoms with E-state index in [0.717, 1.165) is 36.3 Å². The van der Waals surface area contributed by atoms with Crippen LogP contribution in [0.1, 0.15) is 140 Å². The van der Waals surface area contributed by atoms with Gasteiger partial charge in [0.15, 0.2) is 11.7 Å². The number of Topliss-reactive ketones (excluding diaryl/α,β-unsaturated/α-hetero) is 1. The number of aromatic hydroxyl groups is 1. The van der Waals surface area contributed by atoms with Crippen LogP contribution in [0.25, 0.3) is 21.8 Å². The van der Waals surface area contributed by atoms with Gasteiger partial charge in [-0.3, -0.25) is 86.9 Å². The second kappa shape index (κ2) is 50.8. The lowest BCUT2D eigenvalue weighted by molar-refractivity contribution is -0.149. The smallest absolute Gasteiger partial charge is 0.246 e. The fourth-order valence-electron chi connectivity index (χ4n) is 16.1. The number of carbonyl (C=O) groups is 17. The number of imidazole rings is 1. The number of phenolic OH excluding ortho intramolecular Hbond substituents is 1. The molecule has 13 atom stereocenters. The van der Waals surface area contributed by atoms with Gasteiger partial charge in [-0.25, -0.2) is 4.98 Å². The molecule has 0 saturated carbocycles. The van der Waals surface area contributed by atoms with Crippen LogP contribution in [-0.4, -0.2) is 306 Å². The number of guanidine groups is 1. The number of aliphatic hydroxyl groups is 1. The number of nitrogens with two attached hydrogens (primary N) is 3. The van der Waals surface area contributed by atoms with Crippen LogP contribution in [0, 0.1) is 17.2 Å². The molecule has 2 fully saturated rings. The molecule has 2 aliphatic heterocycles. The van der Waals surface area contributed by atoms with Crippen LogP contribution in [-0.2, 0) is 107 Å². The van der Waals surface area contributed by atoms with E-state index in [-0.39, 0.29) is 95.4 Å². The molecule has 0 bridgehead atoms. The highest BCUT2D eigenvalue weighted by Gasteiger charge is 2.44. The summed E-state index contributed by atoms with van der Waals surface area (Å²) in [4.78, 5) is 268. The van der Waals surface area contributed by atoms with E-state index >= 15 is 24.0 Å². The Labute approximate surface area is 774 Å². The Morgan fingerprint density at radius 1 is 0.571 bits per heavy atom. The summed E-state index contributed by atoms with van der Waals surface area (Å²) in [6.07, 6.45) is 5.41. The number of thioether (sulfide) groups is 1. The minimum atomic E-state index is -1.82. The van der Waals surface area contributed by atoms with Gasteiger partial charge in [0, 0.05) is 125 Å². The van der Waals surface area contributed by atoms with Gasteiger partial charge in [0.25, 0.3) is 0 Å². The molecule has 2 saturated heterocycles. The van der Waals surface area contributed by atoms with Crippen molar-refractivity contribution in [1.82, 2.24) is 97.6 Å². The molecule has 42 nitrogen and oxygen atoms in total. The van der Waals surface area contributed by atoms with E-state index in [4.69, 9.17) is 22.6 Å². The summed E-state index contributed by atoms with van der Waals surface area (Å²) in [7, 11) is 5.25. The van der Waals surface area contributed by atoms with Crippen molar-refractivity contribution in [2.75, 3.05) is 72.5 Å². The summed E-state index contributed by atoms with van der Waals surface area (Å²) in [5.41, 5.74) is 20.0. The number of benzene rings is 3. The quantitative estimate of drug-likeness (QED) is 0.0170. The molecular weight excluding hydrogens is 1740 g/mol. The van der Waals surface area contributed by atoms with Gasteiger partial charge in [-0.05, 0) is 105 Å². The maximum absolute atomic E-state index is 15.7. The topological polar surface area (TPSA) is 629 Å². The molecular formula is C90H127N23O19S. The first kappa shape index (κ1) is 105. The fraction of sp³-hybridized carbons (Fsp3) is 0.522. The molecule has 0 unspecified atom stereocenters. The molecule has 16 amide bonds. The molecule has 3 aromatic heterocycles. The van der Waals surface area contributed by atoms with Crippen molar-refractivity contribution in [1.29, 1.82) is 5.41 Å². The van der Waals surface area contributed by atoms with Crippen molar-refractivity contribution in [3.8, 4) is 5.75 Å². The highest BCUT2D eigenvalue weighted by Crippen LogP contribution is 2.28. The van der Waals surface area contributed by atoms with Crippen molar-refractivity contribution >= 4 is 140 Å². The van der Waals surface area contributed by atoms with Gasteiger partial charge in [0.05, 0.1) is 38.2 Å². The molecule has 133 heavy (non-hydrogen) atoms. The second-order valence-corrected chi connectivity index (χ2v) is 35.2. The number of hydrogen-bond acceptors (Lipinski definition) is 22. The highest BCUT2D eigenvalue weighted by molar-refractivity contribution is 8.00. The minimum Gasteiger partial charge on any atom is -0.508 e. The van der Waals surface area contributed by atoms with Gasteiger partial charge in [-0.2, -0.15) is 0 Å². The number of rotatable bonds is 26. The predicted octanol–water partition coefficient (Wildman–Crippen LogP) is -1.34. The number of H-pyrrole nitrogens is 3. The van der Waals surface area contributed by atoms with Gasteiger partial charge >= 0.3 is 0 Å². The molecule has 5 heterocycles. The van der Waals surface area contributed by atoms with E-state index < -0.39 is 229 Å². The maximum Gasteiger partial charge on any atom is 0.246 e. The van der Waals surface area contributed by atoms with E-state index in [0.29, 0.717) is 69.9 Å². The zero-order chi connectivity index (χ0) is 97.4. The van der Waals surface area contributed by atoms with Crippen LogP contribution < -0.4 is 70.4 Å². The normalized spacial score (nSPS) is 23.5. The van der Waals surface area contributed by atoms with Crippen LogP contribution in [0.5, 0.6) is 5.75 Å². The largest absolute Gasteiger partial charge is 0.508 e. The Bertz CT molecular complexity index is 5100. The number of carbonyl (C=O) groups excluding carboxylic acids is 17. The van der Waals surface area contributed by atoms with E-state index in [1.807, 2.05) is 13.8 Å². The number of aliphatic hydroxyl groups excluding tert-OH is 1. The molecule has 22 N–H and O–H groups in total. The van der Waals surface area contributed by atoms with Crippen molar-refractivity contribution in [2.45, 2.75) is 216 Å². The third kappa shape index (κ3) is 30.5. The summed E-state index contributed by atoms with van der Waals surface area (Å²) < 4.78 is 0. The SMILES string of the molecule is CCCC[C@H]1C(=O)N(C)[C@@H](CCCC)C(=O)N[C@@H](CCCNC(=N)N)C(=O)N[C@H](C(=O)NCC(N)=O)CSCC(=O)N[C@@H](Cc2ccc(O)cc2)C(=O)N(C)[C@@H](C)C(=O)N[C@@H](CC(N)=O)C(=O)N2CCC[C@H]2C(=O)N[C@@H](Cc2cnc[nH]2)C(=O)N[C@@H](CC(C)C)C(=O)N(C)CC(=O)C[C@@H](Cc2c[nH]c3ccccc23)C(=O)N[C@@H](CO)C(=O)N[C@@H](Cc2c[nH]c3ccccc23)C(=O)N1C. The summed E-state index contributed by atoms with van der Waals surface area (Å²) in [5.74, 6) is -18.5. The van der Waals surface area contributed by atoms with Gasteiger partial charge in [0.2, 0.25) is 94.5 Å². The summed E-state index contributed by atoms with van der Waals surface area (Å²) >= 11 is 0.766. The Kier molecular flexibility index (Phi) is 40.1. The lowest BCUT2D eigenvalue weighted by Gasteiger charge is -2.36. The number of primary amides is 2. The molecule has 43 heteroatoms. The number of para-hydroxylation sites is 2. The highest BCUT2D eigenvalue weighted by atomic mass is 32.2. The molecule has 8 rings (SSSR count). The number of nitrogens with one attached hydrogen (secondary N) is 14. The van der Waals surface area contributed by atoms with E-state index in [1.165, 1.54) is 71.9 Å². The lowest BCUT2D eigenvalue weighted by atomic mass is 9.92. The Morgan fingerprint density at radius 2 is 1.14 bits per heavy atom. The van der Waals surface area contributed by atoms with Crippen LogP contribution >= 0.6 is 11.8 Å². The van der Waals surface area contributed by atoms with Gasteiger partial charge in [-0.15, -0.1) is 11.8 Å². The third-order valence-corrected chi connectivity index (χ3v) is 24.5. The number of hydrogen-bond donors (Lipinski definition) is 19. The number of amides is 16. The first-order valence-electron chi connectivity index (χ1n) is 44.6. The number of aromatic nitrogens is 4. The number of aromatic amines is 3. The average molecular weight is 1870 g/mol. The van der Waals surface area contributed by atoms with Crippen LogP contribution in [0.4, 0.5) is 0 Å². The van der Waals surface area contributed by atoms with Gasteiger partial charge in [-0.1, -0.05) is 102 Å².